The monoisotopic (exact) mass is 277 g/mol. The summed E-state index contributed by atoms with van der Waals surface area (Å²) < 4.78 is 5.77. The molecule has 0 saturated heterocycles. The summed E-state index contributed by atoms with van der Waals surface area (Å²) in [5.74, 6) is 1.53. The second kappa shape index (κ2) is 7.50. The average molecular weight is 277 g/mol. The van der Waals surface area contributed by atoms with Gasteiger partial charge in [0.1, 0.15) is 12.4 Å². The predicted octanol–water partition coefficient (Wildman–Crippen LogP) is 2.17. The lowest BCUT2D eigenvalue weighted by Gasteiger charge is -2.21. The minimum atomic E-state index is 0.511. The Kier molecular flexibility index (Phi) is 5.68. The van der Waals surface area contributed by atoms with Crippen molar-refractivity contribution >= 4 is 5.69 Å². The van der Waals surface area contributed by atoms with Gasteiger partial charge < -0.3 is 20.7 Å². The molecule has 2 atom stereocenters. The van der Waals surface area contributed by atoms with E-state index in [0.717, 1.165) is 24.5 Å². The molecule has 1 aromatic carbocycles. The van der Waals surface area contributed by atoms with Crippen molar-refractivity contribution in [2.75, 3.05) is 39.1 Å². The molecular formula is C16H27N3O. The van der Waals surface area contributed by atoms with Crippen LogP contribution in [0.1, 0.15) is 19.3 Å². The summed E-state index contributed by atoms with van der Waals surface area (Å²) in [5, 5.41) is 3.61. The van der Waals surface area contributed by atoms with Gasteiger partial charge in [0.15, 0.2) is 0 Å². The Labute approximate surface area is 122 Å². The summed E-state index contributed by atoms with van der Waals surface area (Å²) >= 11 is 0. The van der Waals surface area contributed by atoms with E-state index in [1.807, 2.05) is 26.2 Å². The number of hydrogen-bond acceptors (Lipinski definition) is 4. The SMILES string of the molecule is CN(C)CCOc1cccc(NC2CCCC2CN)c1. The molecular weight excluding hydrogens is 250 g/mol. The number of nitrogens with zero attached hydrogens (tertiary/aromatic N) is 1. The van der Waals surface area contributed by atoms with Gasteiger partial charge in [0.25, 0.3) is 0 Å². The van der Waals surface area contributed by atoms with Gasteiger partial charge in [-0.3, -0.25) is 0 Å². The molecule has 1 saturated carbocycles. The fourth-order valence-corrected chi connectivity index (χ4v) is 2.74. The molecule has 3 N–H and O–H groups in total. The molecule has 0 amide bonds. The minimum Gasteiger partial charge on any atom is -0.492 e. The van der Waals surface area contributed by atoms with Gasteiger partial charge in [0, 0.05) is 24.3 Å². The summed E-state index contributed by atoms with van der Waals surface area (Å²) in [5.41, 5.74) is 6.97. The topological polar surface area (TPSA) is 50.5 Å². The minimum absolute atomic E-state index is 0.511. The molecule has 2 unspecified atom stereocenters. The zero-order valence-electron chi connectivity index (χ0n) is 12.6. The maximum atomic E-state index is 5.83. The van der Waals surface area contributed by atoms with Gasteiger partial charge in [-0.1, -0.05) is 12.5 Å². The molecule has 0 spiro atoms. The van der Waals surface area contributed by atoms with Gasteiger partial charge in [-0.05, 0) is 51.5 Å². The summed E-state index contributed by atoms with van der Waals surface area (Å²) in [6.07, 6.45) is 3.74. The lowest BCUT2D eigenvalue weighted by atomic mass is 10.0. The zero-order chi connectivity index (χ0) is 14.4. The Morgan fingerprint density at radius 2 is 2.20 bits per heavy atom. The molecule has 1 aliphatic carbocycles. The number of anilines is 1. The Balaban J connectivity index is 1.88. The highest BCUT2D eigenvalue weighted by molar-refractivity contribution is 5.49. The molecule has 1 aromatic rings. The van der Waals surface area contributed by atoms with Gasteiger partial charge >= 0.3 is 0 Å². The third-order valence-corrected chi connectivity index (χ3v) is 3.96. The van der Waals surface area contributed by atoms with E-state index in [0.29, 0.717) is 18.6 Å². The predicted molar refractivity (Wildman–Crippen MR) is 84.3 cm³/mol. The third kappa shape index (κ3) is 4.39. The zero-order valence-corrected chi connectivity index (χ0v) is 12.6. The van der Waals surface area contributed by atoms with Crippen LogP contribution in [0, 0.1) is 5.92 Å². The van der Waals surface area contributed by atoms with Crippen LogP contribution in [0.2, 0.25) is 0 Å². The lowest BCUT2D eigenvalue weighted by Crippen LogP contribution is -2.29. The first kappa shape index (κ1) is 15.1. The molecule has 1 fully saturated rings. The van der Waals surface area contributed by atoms with Crippen molar-refractivity contribution in [3.8, 4) is 5.75 Å². The number of rotatable bonds is 7. The van der Waals surface area contributed by atoms with Crippen molar-refractivity contribution in [1.82, 2.24) is 4.90 Å². The lowest BCUT2D eigenvalue weighted by molar-refractivity contribution is 0.261. The van der Waals surface area contributed by atoms with E-state index in [-0.39, 0.29) is 0 Å². The molecule has 20 heavy (non-hydrogen) atoms. The van der Waals surface area contributed by atoms with Crippen LogP contribution >= 0.6 is 0 Å². The fourth-order valence-electron chi connectivity index (χ4n) is 2.74. The van der Waals surface area contributed by atoms with Gasteiger partial charge in [0.05, 0.1) is 0 Å². The first-order valence-electron chi connectivity index (χ1n) is 7.53. The normalized spacial score (nSPS) is 22.2. The van der Waals surface area contributed by atoms with Crippen LogP contribution in [0.5, 0.6) is 5.75 Å². The number of ether oxygens (including phenoxy) is 1. The van der Waals surface area contributed by atoms with Crippen molar-refractivity contribution in [3.05, 3.63) is 24.3 Å². The number of nitrogens with two attached hydrogens (primary N) is 1. The van der Waals surface area contributed by atoms with E-state index < -0.39 is 0 Å². The van der Waals surface area contributed by atoms with E-state index in [1.54, 1.807) is 0 Å². The van der Waals surface area contributed by atoms with Crippen LogP contribution in [-0.2, 0) is 0 Å². The second-order valence-corrected chi connectivity index (χ2v) is 5.86. The average Bonchev–Trinajstić information content (AvgIpc) is 2.86. The quantitative estimate of drug-likeness (QED) is 0.802. The van der Waals surface area contributed by atoms with E-state index in [9.17, 15) is 0 Å². The highest BCUT2D eigenvalue weighted by Crippen LogP contribution is 2.28. The smallest absolute Gasteiger partial charge is 0.121 e. The van der Waals surface area contributed by atoms with Crippen LogP contribution in [0.15, 0.2) is 24.3 Å². The van der Waals surface area contributed by atoms with Crippen LogP contribution in [0.25, 0.3) is 0 Å². The maximum absolute atomic E-state index is 5.83. The molecule has 0 aliphatic heterocycles. The van der Waals surface area contributed by atoms with Crippen molar-refractivity contribution < 1.29 is 4.74 Å². The van der Waals surface area contributed by atoms with Crippen LogP contribution in [-0.4, -0.2) is 44.7 Å². The van der Waals surface area contributed by atoms with Crippen molar-refractivity contribution in [2.24, 2.45) is 11.7 Å². The molecule has 0 bridgehead atoms. The van der Waals surface area contributed by atoms with Crippen LogP contribution in [0.4, 0.5) is 5.69 Å². The Morgan fingerprint density at radius 3 is 2.95 bits per heavy atom. The van der Waals surface area contributed by atoms with E-state index in [4.69, 9.17) is 10.5 Å². The van der Waals surface area contributed by atoms with E-state index in [1.165, 1.54) is 19.3 Å². The van der Waals surface area contributed by atoms with Gasteiger partial charge in [-0.15, -0.1) is 0 Å². The maximum Gasteiger partial charge on any atom is 0.121 e. The van der Waals surface area contributed by atoms with E-state index in [2.05, 4.69) is 22.3 Å². The third-order valence-electron chi connectivity index (χ3n) is 3.96. The number of nitrogens with one attached hydrogen (secondary N) is 1. The number of hydrogen-bond donors (Lipinski definition) is 2. The van der Waals surface area contributed by atoms with Crippen molar-refractivity contribution in [2.45, 2.75) is 25.3 Å². The highest BCUT2D eigenvalue weighted by atomic mass is 16.5. The van der Waals surface area contributed by atoms with Gasteiger partial charge in [-0.2, -0.15) is 0 Å². The fraction of sp³-hybridized carbons (Fsp3) is 0.625. The van der Waals surface area contributed by atoms with Crippen molar-refractivity contribution in [3.63, 3.8) is 0 Å². The summed E-state index contributed by atoms with van der Waals surface area (Å²) in [6.45, 7) is 2.41. The van der Waals surface area contributed by atoms with Gasteiger partial charge in [-0.25, -0.2) is 0 Å². The molecule has 4 nitrogen and oxygen atoms in total. The molecule has 4 heteroatoms. The Morgan fingerprint density at radius 1 is 1.35 bits per heavy atom. The van der Waals surface area contributed by atoms with Crippen LogP contribution in [0.3, 0.4) is 0 Å². The van der Waals surface area contributed by atoms with Gasteiger partial charge in [0.2, 0.25) is 0 Å². The first-order valence-corrected chi connectivity index (χ1v) is 7.53. The molecule has 1 aliphatic rings. The molecule has 0 heterocycles. The highest BCUT2D eigenvalue weighted by Gasteiger charge is 2.25. The number of likely N-dealkylation sites (N-methyl/N-ethyl adjacent to an activating group) is 1. The summed E-state index contributed by atoms with van der Waals surface area (Å²) in [4.78, 5) is 2.12. The molecule has 0 radical (unpaired) electrons. The van der Waals surface area contributed by atoms with Crippen molar-refractivity contribution in [1.29, 1.82) is 0 Å². The summed E-state index contributed by atoms with van der Waals surface area (Å²) in [6, 6.07) is 8.75. The molecule has 2 rings (SSSR count). The summed E-state index contributed by atoms with van der Waals surface area (Å²) in [7, 11) is 4.10. The Bertz CT molecular complexity index is 408. The number of benzene rings is 1. The molecule has 112 valence electrons. The Hall–Kier alpha value is -1.26. The largest absolute Gasteiger partial charge is 0.492 e. The van der Waals surface area contributed by atoms with Crippen LogP contribution < -0.4 is 15.8 Å². The second-order valence-electron chi connectivity index (χ2n) is 5.86. The standard InChI is InChI=1S/C16H27N3O/c1-19(2)9-10-20-15-7-4-6-14(11-15)18-16-8-3-5-13(16)12-17/h4,6-7,11,13,16,18H,3,5,8-10,12,17H2,1-2H3. The first-order chi connectivity index (χ1) is 9.69. The van der Waals surface area contributed by atoms with E-state index >= 15 is 0 Å². The molecule has 0 aromatic heterocycles.